The molecule has 0 atom stereocenters. The lowest BCUT2D eigenvalue weighted by Crippen LogP contribution is -2.00. The summed E-state index contributed by atoms with van der Waals surface area (Å²) < 4.78 is 0. The molecule has 72 valence electrons. The van der Waals surface area contributed by atoms with Gasteiger partial charge in [-0.15, -0.1) is 0 Å². The zero-order valence-corrected chi connectivity index (χ0v) is 9.61. The highest BCUT2D eigenvalue weighted by Crippen LogP contribution is 2.23. The van der Waals surface area contributed by atoms with Crippen molar-refractivity contribution in [3.63, 3.8) is 0 Å². The Morgan fingerprint density at radius 3 is 2.69 bits per heavy atom. The number of hydrogen-bond donors (Lipinski definition) is 0. The van der Waals surface area contributed by atoms with Crippen molar-refractivity contribution in [1.29, 1.82) is 0 Å². The third-order valence-corrected chi connectivity index (χ3v) is 2.71. The molecule has 0 spiro atoms. The van der Waals surface area contributed by atoms with Gasteiger partial charge in [-0.1, -0.05) is 13.8 Å². The van der Waals surface area contributed by atoms with Gasteiger partial charge in [-0.25, -0.2) is 0 Å². The quantitative estimate of drug-likeness (QED) is 0.733. The first-order valence-corrected chi connectivity index (χ1v) is 5.99. The number of thioether (sulfide) groups is 1. The first-order chi connectivity index (χ1) is 6.16. The van der Waals surface area contributed by atoms with Gasteiger partial charge in [-0.05, 0) is 36.3 Å². The zero-order valence-electron chi connectivity index (χ0n) is 8.79. The second-order valence-electron chi connectivity index (χ2n) is 3.58. The van der Waals surface area contributed by atoms with Crippen LogP contribution in [0, 0.1) is 6.92 Å². The van der Waals surface area contributed by atoms with E-state index >= 15 is 0 Å². The molecule has 0 aliphatic heterocycles. The number of aromatic nitrogens is 1. The molecule has 0 fully saturated rings. The van der Waals surface area contributed by atoms with Crippen LogP contribution < -0.4 is 0 Å². The van der Waals surface area contributed by atoms with Crippen LogP contribution in [-0.4, -0.2) is 11.2 Å². The van der Waals surface area contributed by atoms with E-state index in [2.05, 4.69) is 38.1 Å². The molecule has 1 rings (SSSR count). The number of rotatable bonds is 3. The Morgan fingerprint density at radius 2 is 2.15 bits per heavy atom. The second kappa shape index (κ2) is 4.66. The maximum atomic E-state index is 4.43. The van der Waals surface area contributed by atoms with Crippen molar-refractivity contribution < 1.29 is 0 Å². The average Bonchev–Trinajstić information content (AvgIpc) is 2.04. The third kappa shape index (κ3) is 2.47. The summed E-state index contributed by atoms with van der Waals surface area (Å²) in [6.45, 7) is 6.63. The minimum Gasteiger partial charge on any atom is -0.260 e. The van der Waals surface area contributed by atoms with Gasteiger partial charge >= 0.3 is 0 Å². The van der Waals surface area contributed by atoms with Gasteiger partial charge in [0.2, 0.25) is 0 Å². The summed E-state index contributed by atoms with van der Waals surface area (Å²) in [6, 6.07) is 2.10. The fraction of sp³-hybridized carbons (Fsp3) is 0.545. The second-order valence-corrected chi connectivity index (χ2v) is 4.44. The lowest BCUT2D eigenvalue weighted by atomic mass is 9.97. The predicted molar refractivity (Wildman–Crippen MR) is 60.3 cm³/mol. The molecular weight excluding hydrogens is 178 g/mol. The molecule has 0 N–H and O–H groups in total. The van der Waals surface area contributed by atoms with Crippen LogP contribution in [0.15, 0.2) is 12.3 Å². The molecule has 1 nitrogen and oxygen atoms in total. The zero-order chi connectivity index (χ0) is 9.84. The minimum atomic E-state index is 0.579. The summed E-state index contributed by atoms with van der Waals surface area (Å²) in [5.41, 5.74) is 4.05. The molecule has 0 bridgehead atoms. The highest BCUT2D eigenvalue weighted by molar-refractivity contribution is 7.97. The highest BCUT2D eigenvalue weighted by atomic mass is 32.2. The molecule has 0 radical (unpaired) electrons. The number of aryl methyl sites for hydroxylation is 1. The van der Waals surface area contributed by atoms with Crippen LogP contribution >= 0.6 is 11.8 Å². The Bertz CT molecular complexity index is 281. The van der Waals surface area contributed by atoms with Crippen LogP contribution in [0.5, 0.6) is 0 Å². The number of hydrogen-bond acceptors (Lipinski definition) is 2. The van der Waals surface area contributed by atoms with Crippen LogP contribution in [-0.2, 0) is 5.75 Å². The number of pyridine rings is 1. The van der Waals surface area contributed by atoms with E-state index in [1.165, 1.54) is 16.8 Å². The van der Waals surface area contributed by atoms with Gasteiger partial charge in [0.15, 0.2) is 0 Å². The Hall–Kier alpha value is -0.500. The SMILES string of the molecule is CSCc1nccc(C)c1C(C)C. The van der Waals surface area contributed by atoms with Crippen molar-refractivity contribution >= 4 is 11.8 Å². The molecule has 2 heteroatoms. The molecule has 0 aliphatic carbocycles. The monoisotopic (exact) mass is 195 g/mol. The summed E-state index contributed by atoms with van der Waals surface area (Å²) >= 11 is 1.83. The van der Waals surface area contributed by atoms with E-state index in [9.17, 15) is 0 Å². The highest BCUT2D eigenvalue weighted by Gasteiger charge is 2.09. The van der Waals surface area contributed by atoms with Crippen molar-refractivity contribution in [2.45, 2.75) is 32.4 Å². The fourth-order valence-electron chi connectivity index (χ4n) is 1.67. The predicted octanol–water partition coefficient (Wildman–Crippen LogP) is 3.38. The molecular formula is C11H17NS. The van der Waals surface area contributed by atoms with E-state index in [4.69, 9.17) is 0 Å². The van der Waals surface area contributed by atoms with Gasteiger partial charge in [-0.2, -0.15) is 11.8 Å². The van der Waals surface area contributed by atoms with Crippen molar-refractivity contribution in [3.8, 4) is 0 Å². The molecule has 1 aromatic heterocycles. The average molecular weight is 195 g/mol. The summed E-state index contributed by atoms with van der Waals surface area (Å²) in [4.78, 5) is 4.43. The molecule has 0 amide bonds. The summed E-state index contributed by atoms with van der Waals surface area (Å²) in [7, 11) is 0. The summed E-state index contributed by atoms with van der Waals surface area (Å²) in [5.74, 6) is 1.60. The fourth-order valence-corrected chi connectivity index (χ4v) is 2.17. The summed E-state index contributed by atoms with van der Waals surface area (Å²) in [5, 5.41) is 0. The van der Waals surface area contributed by atoms with Crippen LogP contribution in [0.2, 0.25) is 0 Å². The number of nitrogens with zero attached hydrogens (tertiary/aromatic N) is 1. The van der Waals surface area contributed by atoms with Crippen molar-refractivity contribution in [2.75, 3.05) is 6.26 Å². The smallest absolute Gasteiger partial charge is 0.0539 e. The minimum absolute atomic E-state index is 0.579. The lowest BCUT2D eigenvalue weighted by Gasteiger charge is -2.13. The molecule has 0 unspecified atom stereocenters. The van der Waals surface area contributed by atoms with Crippen LogP contribution in [0.25, 0.3) is 0 Å². The van der Waals surface area contributed by atoms with E-state index in [0.29, 0.717) is 5.92 Å². The van der Waals surface area contributed by atoms with E-state index < -0.39 is 0 Å². The Morgan fingerprint density at radius 1 is 1.46 bits per heavy atom. The Balaban J connectivity index is 3.10. The molecule has 1 aromatic rings. The van der Waals surface area contributed by atoms with E-state index in [0.717, 1.165) is 5.75 Å². The van der Waals surface area contributed by atoms with Gasteiger partial charge in [0.25, 0.3) is 0 Å². The third-order valence-electron chi connectivity index (χ3n) is 2.15. The molecule has 0 aliphatic rings. The van der Waals surface area contributed by atoms with Crippen LogP contribution in [0.1, 0.15) is 36.6 Å². The van der Waals surface area contributed by atoms with Crippen LogP contribution in [0.4, 0.5) is 0 Å². The maximum absolute atomic E-state index is 4.43. The van der Waals surface area contributed by atoms with Gasteiger partial charge in [0, 0.05) is 11.9 Å². The van der Waals surface area contributed by atoms with Gasteiger partial charge in [0.05, 0.1) is 5.69 Å². The normalized spacial score (nSPS) is 10.8. The van der Waals surface area contributed by atoms with E-state index in [1.54, 1.807) is 0 Å². The molecule has 0 saturated carbocycles. The Labute approximate surface area is 85.0 Å². The van der Waals surface area contributed by atoms with Gasteiger partial charge in [0.1, 0.15) is 0 Å². The van der Waals surface area contributed by atoms with E-state index in [1.807, 2.05) is 18.0 Å². The molecule has 0 aromatic carbocycles. The Kier molecular flexibility index (Phi) is 3.79. The molecule has 1 heterocycles. The molecule has 13 heavy (non-hydrogen) atoms. The van der Waals surface area contributed by atoms with Crippen molar-refractivity contribution in [1.82, 2.24) is 4.98 Å². The van der Waals surface area contributed by atoms with Crippen LogP contribution in [0.3, 0.4) is 0 Å². The summed E-state index contributed by atoms with van der Waals surface area (Å²) in [6.07, 6.45) is 4.03. The van der Waals surface area contributed by atoms with Gasteiger partial charge < -0.3 is 0 Å². The standard InChI is InChI=1S/C11H17NS/c1-8(2)11-9(3)5-6-12-10(11)7-13-4/h5-6,8H,7H2,1-4H3. The van der Waals surface area contributed by atoms with Crippen molar-refractivity contribution in [2.24, 2.45) is 0 Å². The topological polar surface area (TPSA) is 12.9 Å². The van der Waals surface area contributed by atoms with E-state index in [-0.39, 0.29) is 0 Å². The lowest BCUT2D eigenvalue weighted by molar-refractivity contribution is 0.829. The molecule has 0 saturated heterocycles. The largest absolute Gasteiger partial charge is 0.260 e. The van der Waals surface area contributed by atoms with Crippen molar-refractivity contribution in [3.05, 3.63) is 29.1 Å². The first-order valence-electron chi connectivity index (χ1n) is 4.60. The first kappa shape index (κ1) is 10.6. The van der Waals surface area contributed by atoms with Gasteiger partial charge in [-0.3, -0.25) is 4.98 Å². The maximum Gasteiger partial charge on any atom is 0.0539 e.